The molecule has 3 rings (SSSR count). The van der Waals surface area contributed by atoms with Crippen molar-refractivity contribution in [3.63, 3.8) is 0 Å². The van der Waals surface area contributed by atoms with Crippen molar-refractivity contribution in [1.82, 2.24) is 10.3 Å². The Kier molecular flexibility index (Phi) is 6.07. The molecule has 7 heteroatoms. The molecule has 0 bridgehead atoms. The van der Waals surface area contributed by atoms with Gasteiger partial charge >= 0.3 is 5.97 Å². The maximum atomic E-state index is 12.4. The monoisotopic (exact) mass is 385 g/mol. The smallest absolute Gasteiger partial charge is 0.306 e. The SMILES string of the molecule is C[C@@H](OC(=O)CCc1nc2ccccc2s1)C(=O)NC1(C#N)CCCCC1. The van der Waals surface area contributed by atoms with Gasteiger partial charge in [0, 0.05) is 6.42 Å². The zero-order valence-electron chi connectivity index (χ0n) is 15.4. The van der Waals surface area contributed by atoms with E-state index < -0.39 is 23.5 Å². The van der Waals surface area contributed by atoms with Gasteiger partial charge in [0.05, 0.1) is 27.7 Å². The Morgan fingerprint density at radius 2 is 2.07 bits per heavy atom. The van der Waals surface area contributed by atoms with Crippen LogP contribution in [0.2, 0.25) is 0 Å². The number of rotatable bonds is 6. The third-order valence-corrected chi connectivity index (χ3v) is 5.94. The predicted molar refractivity (Wildman–Crippen MR) is 103 cm³/mol. The van der Waals surface area contributed by atoms with E-state index in [1.165, 1.54) is 0 Å². The van der Waals surface area contributed by atoms with Gasteiger partial charge in [-0.2, -0.15) is 5.26 Å². The van der Waals surface area contributed by atoms with Crippen LogP contribution in [0.25, 0.3) is 10.2 Å². The number of amides is 1. The van der Waals surface area contributed by atoms with Gasteiger partial charge in [0.1, 0.15) is 5.54 Å². The van der Waals surface area contributed by atoms with Gasteiger partial charge in [0.2, 0.25) is 0 Å². The molecule has 1 aromatic carbocycles. The highest BCUT2D eigenvalue weighted by molar-refractivity contribution is 7.18. The Bertz CT molecular complexity index is 832. The van der Waals surface area contributed by atoms with Crippen molar-refractivity contribution in [2.75, 3.05) is 0 Å². The highest BCUT2D eigenvalue weighted by Gasteiger charge is 2.35. The fourth-order valence-corrected chi connectivity index (χ4v) is 4.27. The first kappa shape index (κ1) is 19.3. The molecule has 0 spiro atoms. The van der Waals surface area contributed by atoms with Crippen molar-refractivity contribution < 1.29 is 14.3 Å². The molecule has 1 aliphatic carbocycles. The highest BCUT2D eigenvalue weighted by Crippen LogP contribution is 2.27. The van der Waals surface area contributed by atoms with Crippen LogP contribution >= 0.6 is 11.3 Å². The lowest BCUT2D eigenvalue weighted by atomic mass is 9.83. The van der Waals surface area contributed by atoms with E-state index in [9.17, 15) is 14.9 Å². The van der Waals surface area contributed by atoms with E-state index >= 15 is 0 Å². The number of aryl methyl sites for hydroxylation is 1. The Morgan fingerprint density at radius 3 is 2.78 bits per heavy atom. The second kappa shape index (κ2) is 8.49. The molecule has 1 aromatic heterocycles. The first-order valence-electron chi connectivity index (χ1n) is 9.28. The Labute approximate surface area is 162 Å². The summed E-state index contributed by atoms with van der Waals surface area (Å²) >= 11 is 1.56. The van der Waals surface area contributed by atoms with Crippen LogP contribution in [-0.2, 0) is 20.7 Å². The summed E-state index contributed by atoms with van der Waals surface area (Å²) in [4.78, 5) is 28.9. The number of esters is 1. The van der Waals surface area contributed by atoms with Crippen molar-refractivity contribution in [3.8, 4) is 6.07 Å². The van der Waals surface area contributed by atoms with Crippen molar-refractivity contribution in [2.24, 2.45) is 0 Å². The Hall–Kier alpha value is -2.46. The van der Waals surface area contributed by atoms with Crippen LogP contribution in [0.5, 0.6) is 0 Å². The number of para-hydroxylation sites is 1. The average molecular weight is 385 g/mol. The standard InChI is InChI=1S/C20H23N3O3S/c1-14(19(25)23-20(13-21)11-5-2-6-12-20)26-18(24)10-9-17-22-15-7-3-4-8-16(15)27-17/h3-4,7-8,14H,2,5-6,9-12H2,1H3,(H,23,25)/t14-/m1/s1. The topological polar surface area (TPSA) is 92.1 Å². The van der Waals surface area contributed by atoms with Crippen molar-refractivity contribution in [1.29, 1.82) is 5.26 Å². The number of aromatic nitrogens is 1. The van der Waals surface area contributed by atoms with Crippen LogP contribution in [-0.4, -0.2) is 28.5 Å². The summed E-state index contributed by atoms with van der Waals surface area (Å²) in [6, 6.07) is 10.1. The molecule has 27 heavy (non-hydrogen) atoms. The first-order valence-corrected chi connectivity index (χ1v) is 10.1. The number of nitrogens with one attached hydrogen (secondary N) is 1. The number of nitriles is 1. The minimum atomic E-state index is -0.917. The largest absolute Gasteiger partial charge is 0.453 e. The van der Waals surface area contributed by atoms with Crippen molar-refractivity contribution >= 4 is 33.4 Å². The van der Waals surface area contributed by atoms with Gasteiger partial charge in [0.25, 0.3) is 5.91 Å². The predicted octanol–water partition coefficient (Wildman–Crippen LogP) is 3.50. The van der Waals surface area contributed by atoms with Crippen LogP contribution < -0.4 is 5.32 Å². The molecule has 1 N–H and O–H groups in total. The summed E-state index contributed by atoms with van der Waals surface area (Å²) in [6.07, 6.45) is 3.94. The van der Waals surface area contributed by atoms with Crippen LogP contribution in [0.1, 0.15) is 50.5 Å². The summed E-state index contributed by atoms with van der Waals surface area (Å²) in [5.41, 5.74) is 0.102. The molecule has 2 aromatic rings. The van der Waals surface area contributed by atoms with Gasteiger partial charge in [-0.05, 0) is 31.9 Å². The number of hydrogen-bond acceptors (Lipinski definition) is 6. The summed E-state index contributed by atoms with van der Waals surface area (Å²) in [7, 11) is 0. The fourth-order valence-electron chi connectivity index (χ4n) is 3.30. The van der Waals surface area contributed by atoms with Gasteiger partial charge in [-0.3, -0.25) is 9.59 Å². The van der Waals surface area contributed by atoms with E-state index in [4.69, 9.17) is 4.74 Å². The highest BCUT2D eigenvalue weighted by atomic mass is 32.1. The average Bonchev–Trinajstić information content (AvgIpc) is 3.10. The van der Waals surface area contributed by atoms with E-state index in [0.29, 0.717) is 19.3 Å². The molecule has 0 saturated heterocycles. The molecule has 1 saturated carbocycles. The molecular weight excluding hydrogens is 362 g/mol. The number of thiazole rings is 1. The zero-order chi connectivity index (χ0) is 19.3. The molecule has 6 nitrogen and oxygen atoms in total. The third-order valence-electron chi connectivity index (χ3n) is 4.84. The minimum Gasteiger partial charge on any atom is -0.453 e. The maximum Gasteiger partial charge on any atom is 0.306 e. The van der Waals surface area contributed by atoms with Gasteiger partial charge < -0.3 is 10.1 Å². The fraction of sp³-hybridized carbons (Fsp3) is 0.500. The van der Waals surface area contributed by atoms with E-state index in [1.807, 2.05) is 24.3 Å². The Morgan fingerprint density at radius 1 is 1.33 bits per heavy atom. The Balaban J connectivity index is 1.49. The molecule has 0 unspecified atom stereocenters. The number of carbonyl (C=O) groups excluding carboxylic acids is 2. The van der Waals surface area contributed by atoms with E-state index in [1.54, 1.807) is 18.3 Å². The lowest BCUT2D eigenvalue weighted by molar-refractivity contribution is -0.155. The number of carbonyl (C=O) groups is 2. The summed E-state index contributed by atoms with van der Waals surface area (Å²) in [5.74, 6) is -0.849. The molecule has 1 aliphatic rings. The van der Waals surface area contributed by atoms with Crippen molar-refractivity contribution in [3.05, 3.63) is 29.3 Å². The summed E-state index contributed by atoms with van der Waals surface area (Å²) in [5, 5.41) is 13.1. The van der Waals surface area contributed by atoms with Crippen LogP contribution in [0.15, 0.2) is 24.3 Å². The molecule has 1 heterocycles. The van der Waals surface area contributed by atoms with Crippen LogP contribution in [0, 0.1) is 11.3 Å². The number of hydrogen-bond donors (Lipinski definition) is 1. The lowest BCUT2D eigenvalue weighted by Gasteiger charge is -2.32. The number of benzene rings is 1. The summed E-state index contributed by atoms with van der Waals surface area (Å²) in [6.45, 7) is 1.54. The van der Waals surface area contributed by atoms with E-state index in [0.717, 1.165) is 34.5 Å². The maximum absolute atomic E-state index is 12.4. The second-order valence-electron chi connectivity index (χ2n) is 6.95. The molecule has 0 aliphatic heterocycles. The normalized spacial score (nSPS) is 17.0. The quantitative estimate of drug-likeness (QED) is 0.768. The molecule has 142 valence electrons. The third kappa shape index (κ3) is 4.83. The molecule has 1 fully saturated rings. The lowest BCUT2D eigenvalue weighted by Crippen LogP contribution is -2.52. The molecule has 0 radical (unpaired) electrons. The zero-order valence-corrected chi connectivity index (χ0v) is 16.2. The van der Waals surface area contributed by atoms with E-state index in [-0.39, 0.29) is 6.42 Å². The molecular formula is C20H23N3O3S. The number of ether oxygens (including phenoxy) is 1. The minimum absolute atomic E-state index is 0.167. The summed E-state index contributed by atoms with van der Waals surface area (Å²) < 4.78 is 6.34. The number of fused-ring (bicyclic) bond motifs is 1. The van der Waals surface area contributed by atoms with Gasteiger partial charge in [0.15, 0.2) is 6.10 Å². The van der Waals surface area contributed by atoms with Crippen LogP contribution in [0.3, 0.4) is 0 Å². The van der Waals surface area contributed by atoms with Gasteiger partial charge in [-0.25, -0.2) is 4.98 Å². The first-order chi connectivity index (χ1) is 13.0. The molecule has 1 atom stereocenters. The molecule has 1 amide bonds. The van der Waals surface area contributed by atoms with Crippen LogP contribution in [0.4, 0.5) is 0 Å². The van der Waals surface area contributed by atoms with E-state index in [2.05, 4.69) is 16.4 Å². The van der Waals surface area contributed by atoms with Gasteiger partial charge in [-0.1, -0.05) is 31.4 Å². The second-order valence-corrected chi connectivity index (χ2v) is 8.07. The van der Waals surface area contributed by atoms with Gasteiger partial charge in [-0.15, -0.1) is 11.3 Å². The number of nitrogens with zero attached hydrogens (tertiary/aromatic N) is 2. The van der Waals surface area contributed by atoms with Crippen molar-refractivity contribution in [2.45, 2.75) is 63.5 Å².